The lowest BCUT2D eigenvalue weighted by Gasteiger charge is -2.13. The third-order valence-electron chi connectivity index (χ3n) is 3.82. The van der Waals surface area contributed by atoms with Crippen molar-refractivity contribution in [3.05, 3.63) is 83.2 Å². The summed E-state index contributed by atoms with van der Waals surface area (Å²) < 4.78 is 0. The molecule has 138 valence electrons. The number of nitrogens with two attached hydrogens (primary N) is 1. The number of hydrogen-bond acceptors (Lipinski definition) is 4. The van der Waals surface area contributed by atoms with Gasteiger partial charge in [0.2, 0.25) is 0 Å². The van der Waals surface area contributed by atoms with Crippen LogP contribution >= 0.6 is 0 Å². The molecule has 2 aromatic carbocycles. The van der Waals surface area contributed by atoms with E-state index in [0.29, 0.717) is 25.5 Å². The van der Waals surface area contributed by atoms with E-state index in [9.17, 15) is 4.79 Å². The second-order valence-electron chi connectivity index (χ2n) is 6.01. The van der Waals surface area contributed by atoms with Crippen molar-refractivity contribution < 1.29 is 4.79 Å². The Morgan fingerprint density at radius 2 is 1.46 bits per heavy atom. The first kappa shape index (κ1) is 19.5. The van der Waals surface area contributed by atoms with E-state index < -0.39 is 0 Å². The number of hydrogen-bond donors (Lipinski definition) is 5. The molecule has 0 atom stereocenters. The van der Waals surface area contributed by atoms with Gasteiger partial charge < -0.3 is 21.7 Å². The van der Waals surface area contributed by atoms with Crippen molar-refractivity contribution in [3.8, 4) is 0 Å². The minimum atomic E-state index is -0.301. The van der Waals surface area contributed by atoms with Gasteiger partial charge in [0, 0.05) is 26.2 Å². The van der Waals surface area contributed by atoms with E-state index in [1.807, 2.05) is 43.4 Å². The maximum atomic E-state index is 12.0. The zero-order chi connectivity index (χ0) is 18.8. The number of carbonyl (C=O) groups is 1. The average Bonchev–Trinajstić information content (AvgIpc) is 2.65. The van der Waals surface area contributed by atoms with Crippen LogP contribution in [0.2, 0.25) is 0 Å². The molecule has 6 heteroatoms. The monoisotopic (exact) mass is 353 g/mol. The van der Waals surface area contributed by atoms with E-state index in [4.69, 9.17) is 5.73 Å². The maximum absolute atomic E-state index is 12.0. The molecule has 0 saturated carbocycles. The molecule has 2 aromatic rings. The fraction of sp³-hybridized carbons (Fsp3) is 0.250. The second kappa shape index (κ2) is 10.2. The van der Waals surface area contributed by atoms with Crippen molar-refractivity contribution in [3.63, 3.8) is 0 Å². The number of urea groups is 1. The number of rotatable bonds is 9. The van der Waals surface area contributed by atoms with Gasteiger partial charge in [-0.1, -0.05) is 55.1 Å². The van der Waals surface area contributed by atoms with Gasteiger partial charge >= 0.3 is 6.03 Å². The van der Waals surface area contributed by atoms with Crippen molar-refractivity contribution in [1.82, 2.24) is 21.3 Å². The highest BCUT2D eigenvalue weighted by Gasteiger charge is 2.03. The molecule has 2 rings (SSSR count). The minimum absolute atomic E-state index is 0.301. The molecular weight excluding hydrogens is 326 g/mol. The average molecular weight is 353 g/mol. The van der Waals surface area contributed by atoms with Crippen LogP contribution in [0.1, 0.15) is 22.3 Å². The van der Waals surface area contributed by atoms with Crippen LogP contribution in [0.15, 0.2) is 60.9 Å². The van der Waals surface area contributed by atoms with Gasteiger partial charge in [-0.2, -0.15) is 0 Å². The Hall–Kier alpha value is -2.83. The molecule has 0 spiro atoms. The van der Waals surface area contributed by atoms with E-state index in [1.54, 1.807) is 0 Å². The molecule has 0 heterocycles. The summed E-state index contributed by atoms with van der Waals surface area (Å²) in [4.78, 5) is 12.0. The Kier molecular flexibility index (Phi) is 7.67. The summed E-state index contributed by atoms with van der Waals surface area (Å²) in [6.45, 7) is 6.16. The third-order valence-corrected chi connectivity index (χ3v) is 3.82. The molecule has 2 amide bonds. The highest BCUT2D eigenvalue weighted by atomic mass is 16.2. The minimum Gasteiger partial charge on any atom is -0.368 e. The Morgan fingerprint density at radius 3 is 2.08 bits per heavy atom. The fourth-order valence-corrected chi connectivity index (χ4v) is 2.54. The molecule has 26 heavy (non-hydrogen) atoms. The van der Waals surface area contributed by atoms with Crippen molar-refractivity contribution in [2.24, 2.45) is 5.73 Å². The van der Waals surface area contributed by atoms with E-state index >= 15 is 0 Å². The van der Waals surface area contributed by atoms with Gasteiger partial charge in [0.1, 0.15) is 0 Å². The molecular formula is C20H27N5O. The third kappa shape index (κ3) is 6.58. The number of benzene rings is 2. The van der Waals surface area contributed by atoms with Crippen molar-refractivity contribution in [2.75, 3.05) is 7.05 Å². The van der Waals surface area contributed by atoms with Crippen LogP contribution in [0.25, 0.3) is 0 Å². The molecule has 6 N–H and O–H groups in total. The van der Waals surface area contributed by atoms with Crippen LogP contribution in [0.5, 0.6) is 0 Å². The van der Waals surface area contributed by atoms with Crippen molar-refractivity contribution in [2.45, 2.75) is 26.2 Å². The van der Waals surface area contributed by atoms with Gasteiger partial charge in [-0.25, -0.2) is 4.79 Å². The first-order chi connectivity index (χ1) is 12.6. The molecule has 0 unspecified atom stereocenters. The summed E-state index contributed by atoms with van der Waals surface area (Å²) in [7, 11) is 1.92. The van der Waals surface area contributed by atoms with Gasteiger partial charge in [0.15, 0.2) is 0 Å². The first-order valence-electron chi connectivity index (χ1n) is 8.58. The highest BCUT2D eigenvalue weighted by molar-refractivity contribution is 5.75. The molecule has 0 aromatic heterocycles. The lowest BCUT2D eigenvalue weighted by molar-refractivity contribution is 0.242. The Labute approximate surface area is 154 Å². The number of amides is 2. The first-order valence-corrected chi connectivity index (χ1v) is 8.58. The molecule has 6 nitrogen and oxygen atoms in total. The fourth-order valence-electron chi connectivity index (χ4n) is 2.54. The predicted octanol–water partition coefficient (Wildman–Crippen LogP) is 1.92. The van der Waals surface area contributed by atoms with E-state index in [0.717, 1.165) is 23.2 Å². The summed E-state index contributed by atoms with van der Waals surface area (Å²) in [5.74, 6) is 0.456. The van der Waals surface area contributed by atoms with Gasteiger partial charge in [-0.05, 0) is 29.3 Å². The Balaban J connectivity index is 1.74. The van der Waals surface area contributed by atoms with E-state index in [2.05, 4.69) is 40.0 Å². The van der Waals surface area contributed by atoms with E-state index in [-0.39, 0.29) is 6.03 Å². The van der Waals surface area contributed by atoms with Gasteiger partial charge in [-0.15, -0.1) is 0 Å². The number of nitrogens with one attached hydrogen (secondary N) is 4. The lowest BCUT2D eigenvalue weighted by atomic mass is 10.1. The van der Waals surface area contributed by atoms with Crippen molar-refractivity contribution >= 4 is 6.03 Å². The SMILES string of the molecule is C=C(NCc1cccc(CNC)c1)NC(=O)NCc1cccc(CN)c1. The Bertz CT molecular complexity index is 744. The highest BCUT2D eigenvalue weighted by Crippen LogP contribution is 2.06. The van der Waals surface area contributed by atoms with Crippen molar-refractivity contribution in [1.29, 1.82) is 0 Å². The second-order valence-corrected chi connectivity index (χ2v) is 6.01. The topological polar surface area (TPSA) is 91.2 Å². The summed E-state index contributed by atoms with van der Waals surface area (Å²) >= 11 is 0. The van der Waals surface area contributed by atoms with Crippen LogP contribution in [-0.4, -0.2) is 13.1 Å². The van der Waals surface area contributed by atoms with Crippen LogP contribution in [0.3, 0.4) is 0 Å². The smallest absolute Gasteiger partial charge is 0.320 e. The summed E-state index contributed by atoms with van der Waals surface area (Å²) in [6, 6.07) is 15.7. The van der Waals surface area contributed by atoms with Crippen LogP contribution in [0, 0.1) is 0 Å². The standard InChI is InChI=1S/C20H27N5O/c1-15(23-13-19-8-4-6-17(10-19)12-22-2)25-20(26)24-14-18-7-3-5-16(9-18)11-21/h3-10,22-23H,1,11-14,21H2,2H3,(H2,24,25,26). The summed E-state index contributed by atoms with van der Waals surface area (Å²) in [5, 5.41) is 11.7. The van der Waals surface area contributed by atoms with Crippen LogP contribution in [-0.2, 0) is 26.2 Å². The Morgan fingerprint density at radius 1 is 0.923 bits per heavy atom. The van der Waals surface area contributed by atoms with Gasteiger partial charge in [0.05, 0.1) is 5.82 Å². The molecule has 0 fully saturated rings. The van der Waals surface area contributed by atoms with Crippen LogP contribution < -0.4 is 27.0 Å². The zero-order valence-corrected chi connectivity index (χ0v) is 15.1. The largest absolute Gasteiger partial charge is 0.368 e. The molecule has 0 bridgehead atoms. The molecule has 0 saturated heterocycles. The van der Waals surface area contributed by atoms with Gasteiger partial charge in [-0.3, -0.25) is 5.32 Å². The quantitative estimate of drug-likeness (QED) is 0.476. The van der Waals surface area contributed by atoms with E-state index in [1.165, 1.54) is 5.56 Å². The predicted molar refractivity (Wildman–Crippen MR) is 105 cm³/mol. The molecule has 0 aliphatic heterocycles. The molecule has 0 radical (unpaired) electrons. The van der Waals surface area contributed by atoms with Crippen LogP contribution in [0.4, 0.5) is 4.79 Å². The normalized spacial score (nSPS) is 10.2. The zero-order valence-electron chi connectivity index (χ0n) is 15.1. The molecule has 0 aliphatic carbocycles. The maximum Gasteiger partial charge on any atom is 0.320 e. The summed E-state index contributed by atoms with van der Waals surface area (Å²) in [5.41, 5.74) is 10.0. The van der Waals surface area contributed by atoms with Gasteiger partial charge in [0.25, 0.3) is 0 Å². The number of carbonyl (C=O) groups excluding carboxylic acids is 1. The molecule has 0 aliphatic rings. The summed E-state index contributed by atoms with van der Waals surface area (Å²) in [6.07, 6.45) is 0. The lowest BCUT2D eigenvalue weighted by Crippen LogP contribution is -2.38.